The Kier molecular flexibility index (Phi) is 6.73. The zero-order valence-corrected chi connectivity index (χ0v) is 17.8. The molecule has 6 nitrogen and oxygen atoms in total. The summed E-state index contributed by atoms with van der Waals surface area (Å²) < 4.78 is 11.9. The molecule has 142 valence electrons. The second-order valence-corrected chi connectivity index (χ2v) is 13.5. The number of nitrogen functional groups attached to an aromatic ring is 1. The fraction of sp³-hybridized carbons (Fsp3) is 0.412. The normalized spacial score (nSPS) is 11.6. The first-order valence-electron chi connectivity index (χ1n) is 8.12. The van der Waals surface area contributed by atoms with Gasteiger partial charge in [-0.2, -0.15) is 5.10 Å². The minimum absolute atomic E-state index is 0.0945. The van der Waals surface area contributed by atoms with Gasteiger partial charge in [0.05, 0.1) is 22.8 Å². The second-order valence-electron chi connectivity index (χ2n) is 7.05. The molecular formula is C17H23Cl2N3O3Si. The first-order chi connectivity index (χ1) is 12.2. The summed E-state index contributed by atoms with van der Waals surface area (Å²) in [6.07, 6.45) is 0. The van der Waals surface area contributed by atoms with Crippen LogP contribution in [0.15, 0.2) is 18.2 Å². The minimum atomic E-state index is -1.21. The minimum Gasteiger partial charge on any atom is -0.464 e. The Hall–Kier alpha value is -1.54. The number of nitrogens with zero attached hydrogens (tertiary/aromatic N) is 2. The first-order valence-corrected chi connectivity index (χ1v) is 12.6. The number of aromatic nitrogens is 2. The van der Waals surface area contributed by atoms with E-state index in [1.807, 2.05) is 0 Å². The molecule has 0 aliphatic rings. The van der Waals surface area contributed by atoms with Gasteiger partial charge in [0, 0.05) is 20.2 Å². The molecule has 2 rings (SSSR count). The third-order valence-electron chi connectivity index (χ3n) is 3.78. The quantitative estimate of drug-likeness (QED) is 0.407. The van der Waals surface area contributed by atoms with Crippen LogP contribution in [0.25, 0.3) is 11.3 Å². The molecule has 9 heteroatoms. The number of hydrogen-bond donors (Lipinski definition) is 1. The highest BCUT2D eigenvalue weighted by Gasteiger charge is 2.25. The van der Waals surface area contributed by atoms with E-state index in [2.05, 4.69) is 24.7 Å². The number of esters is 1. The van der Waals surface area contributed by atoms with Crippen molar-refractivity contribution in [3.8, 4) is 11.3 Å². The van der Waals surface area contributed by atoms with E-state index < -0.39 is 14.0 Å². The van der Waals surface area contributed by atoms with Gasteiger partial charge < -0.3 is 15.2 Å². The summed E-state index contributed by atoms with van der Waals surface area (Å²) in [5.41, 5.74) is 7.39. The van der Waals surface area contributed by atoms with Gasteiger partial charge in [-0.1, -0.05) is 55.0 Å². The van der Waals surface area contributed by atoms with Crippen LogP contribution in [0.3, 0.4) is 0 Å². The van der Waals surface area contributed by atoms with Gasteiger partial charge in [0.1, 0.15) is 12.4 Å². The van der Waals surface area contributed by atoms with E-state index >= 15 is 0 Å². The molecule has 26 heavy (non-hydrogen) atoms. The lowest BCUT2D eigenvalue weighted by Gasteiger charge is -2.15. The molecule has 2 N–H and O–H groups in total. The van der Waals surface area contributed by atoms with Crippen molar-refractivity contribution in [2.75, 3.05) is 19.5 Å². The monoisotopic (exact) mass is 415 g/mol. The smallest absolute Gasteiger partial charge is 0.358 e. The highest BCUT2D eigenvalue weighted by Crippen LogP contribution is 2.36. The number of halogens is 2. The number of anilines is 1. The van der Waals surface area contributed by atoms with Crippen LogP contribution in [0.4, 0.5) is 5.69 Å². The summed E-state index contributed by atoms with van der Waals surface area (Å²) in [4.78, 5) is 12.2. The van der Waals surface area contributed by atoms with E-state index in [1.54, 1.807) is 18.2 Å². The zero-order chi connectivity index (χ0) is 19.5. The van der Waals surface area contributed by atoms with Gasteiger partial charge >= 0.3 is 5.97 Å². The van der Waals surface area contributed by atoms with Crippen LogP contribution < -0.4 is 5.73 Å². The van der Waals surface area contributed by atoms with Crippen LogP contribution >= 0.6 is 23.2 Å². The Morgan fingerprint density at radius 1 is 1.31 bits per heavy atom. The summed E-state index contributed by atoms with van der Waals surface area (Å²) in [6.45, 7) is 7.48. The highest BCUT2D eigenvalue weighted by molar-refractivity contribution is 6.76. The predicted octanol–water partition coefficient (Wildman–Crippen LogP) is 4.54. The van der Waals surface area contributed by atoms with Crippen LogP contribution in [0.2, 0.25) is 35.7 Å². The Labute approximate surface area is 164 Å². The predicted molar refractivity (Wildman–Crippen MR) is 108 cm³/mol. The molecule has 1 heterocycles. The molecule has 0 atom stereocenters. The SMILES string of the molecule is COC(=O)c1c(N)c(-c2cccc(Cl)c2Cl)nn1COCC[Si](C)(C)C. The lowest BCUT2D eigenvalue weighted by molar-refractivity contribution is 0.0519. The molecule has 1 aromatic heterocycles. The Morgan fingerprint density at radius 2 is 2.00 bits per heavy atom. The molecule has 0 radical (unpaired) electrons. The van der Waals surface area contributed by atoms with Crippen molar-refractivity contribution in [1.82, 2.24) is 9.78 Å². The fourth-order valence-electron chi connectivity index (χ4n) is 2.30. The third-order valence-corrected chi connectivity index (χ3v) is 6.31. The van der Waals surface area contributed by atoms with E-state index in [0.717, 1.165) is 6.04 Å². The number of nitrogens with two attached hydrogens (primary N) is 1. The van der Waals surface area contributed by atoms with Crippen molar-refractivity contribution >= 4 is 42.9 Å². The molecule has 0 unspecified atom stereocenters. The Balaban J connectivity index is 2.35. The molecule has 0 saturated carbocycles. The zero-order valence-electron chi connectivity index (χ0n) is 15.3. The number of carbonyl (C=O) groups is 1. The van der Waals surface area contributed by atoms with E-state index in [-0.39, 0.29) is 18.1 Å². The summed E-state index contributed by atoms with van der Waals surface area (Å²) in [6, 6.07) is 6.15. The fourth-order valence-corrected chi connectivity index (χ4v) is 3.44. The van der Waals surface area contributed by atoms with Gasteiger partial charge in [0.15, 0.2) is 5.69 Å². The van der Waals surface area contributed by atoms with E-state index in [9.17, 15) is 4.79 Å². The van der Waals surface area contributed by atoms with Crippen molar-refractivity contribution in [1.29, 1.82) is 0 Å². The van der Waals surface area contributed by atoms with Gasteiger partial charge in [-0.25, -0.2) is 9.48 Å². The molecule has 0 bridgehead atoms. The number of methoxy groups -OCH3 is 1. The van der Waals surface area contributed by atoms with Crippen LogP contribution in [0.1, 0.15) is 10.5 Å². The van der Waals surface area contributed by atoms with Crippen molar-refractivity contribution in [3.63, 3.8) is 0 Å². The largest absolute Gasteiger partial charge is 0.464 e. The van der Waals surface area contributed by atoms with Crippen LogP contribution in [-0.2, 0) is 16.2 Å². The van der Waals surface area contributed by atoms with Gasteiger partial charge in [-0.3, -0.25) is 0 Å². The van der Waals surface area contributed by atoms with Gasteiger partial charge in [-0.15, -0.1) is 0 Å². The van der Waals surface area contributed by atoms with Gasteiger partial charge in [-0.05, 0) is 12.1 Å². The highest BCUT2D eigenvalue weighted by atomic mass is 35.5. The molecule has 0 fully saturated rings. The van der Waals surface area contributed by atoms with E-state index in [1.165, 1.54) is 11.8 Å². The average molecular weight is 416 g/mol. The van der Waals surface area contributed by atoms with E-state index in [0.29, 0.717) is 27.9 Å². The number of hydrogen-bond acceptors (Lipinski definition) is 5. The summed E-state index contributed by atoms with van der Waals surface area (Å²) in [5, 5.41) is 5.12. The molecular weight excluding hydrogens is 393 g/mol. The average Bonchev–Trinajstić information content (AvgIpc) is 2.89. The topological polar surface area (TPSA) is 79.4 Å². The maximum Gasteiger partial charge on any atom is 0.358 e. The van der Waals surface area contributed by atoms with Crippen molar-refractivity contribution in [2.45, 2.75) is 32.4 Å². The van der Waals surface area contributed by atoms with Crippen molar-refractivity contribution in [3.05, 3.63) is 33.9 Å². The van der Waals surface area contributed by atoms with Crippen molar-refractivity contribution in [2.24, 2.45) is 0 Å². The van der Waals surface area contributed by atoms with Crippen LogP contribution in [-0.4, -0.2) is 37.5 Å². The van der Waals surface area contributed by atoms with E-state index in [4.69, 9.17) is 38.4 Å². The number of rotatable bonds is 7. The third kappa shape index (κ3) is 4.79. The lowest BCUT2D eigenvalue weighted by Crippen LogP contribution is -2.22. The number of benzene rings is 1. The van der Waals surface area contributed by atoms with Crippen LogP contribution in [0.5, 0.6) is 0 Å². The molecule has 0 saturated heterocycles. The van der Waals surface area contributed by atoms with Crippen molar-refractivity contribution < 1.29 is 14.3 Å². The molecule has 0 aliphatic heterocycles. The molecule has 2 aromatic rings. The van der Waals surface area contributed by atoms with Gasteiger partial charge in [0.2, 0.25) is 0 Å². The Bertz CT molecular complexity index is 803. The maximum absolute atomic E-state index is 12.2. The summed E-state index contributed by atoms with van der Waals surface area (Å²) in [7, 11) is 0.0760. The van der Waals surface area contributed by atoms with Gasteiger partial charge in [0.25, 0.3) is 0 Å². The van der Waals surface area contributed by atoms with Crippen LogP contribution in [0, 0.1) is 0 Å². The second kappa shape index (κ2) is 8.43. The lowest BCUT2D eigenvalue weighted by atomic mass is 10.1. The first kappa shape index (κ1) is 20.8. The molecule has 0 amide bonds. The molecule has 1 aromatic carbocycles. The number of ether oxygens (including phenoxy) is 2. The molecule has 0 aliphatic carbocycles. The Morgan fingerprint density at radius 3 is 2.62 bits per heavy atom. The standard InChI is InChI=1S/C17H23Cl2N3O3Si/c1-24-17(23)16-14(20)15(11-6-5-7-12(18)13(11)19)21-22(16)10-25-8-9-26(2,3)4/h5-7H,8-10,20H2,1-4H3. The molecule has 0 spiro atoms. The number of carbonyl (C=O) groups excluding carboxylic acids is 1. The summed E-state index contributed by atoms with van der Waals surface area (Å²) in [5.74, 6) is -0.590. The summed E-state index contributed by atoms with van der Waals surface area (Å²) >= 11 is 12.3. The maximum atomic E-state index is 12.2.